The zero-order chi connectivity index (χ0) is 37.9. The molecule has 1 aliphatic rings. The van der Waals surface area contributed by atoms with E-state index in [9.17, 15) is 19.2 Å². The molecule has 0 radical (unpaired) electrons. The van der Waals surface area contributed by atoms with E-state index in [4.69, 9.17) is 30.5 Å². The number of esters is 1. The van der Waals surface area contributed by atoms with Crippen LogP contribution in [0, 0.1) is 16.7 Å². The number of hydrogen-bond acceptors (Lipinski definition) is 8. The van der Waals surface area contributed by atoms with Gasteiger partial charge in [-0.2, -0.15) is 0 Å². The highest BCUT2D eigenvalue weighted by Crippen LogP contribution is 2.28. The molecule has 1 heterocycles. The van der Waals surface area contributed by atoms with Gasteiger partial charge in [0.15, 0.2) is 0 Å². The summed E-state index contributed by atoms with van der Waals surface area (Å²) in [5.74, 6) is -1.05. The summed E-state index contributed by atoms with van der Waals surface area (Å²) in [6.07, 6.45) is 2.90. The second kappa shape index (κ2) is 18.4. The van der Waals surface area contributed by atoms with Crippen LogP contribution in [0.15, 0.2) is 54.6 Å². The van der Waals surface area contributed by atoms with Gasteiger partial charge in [0.05, 0.1) is 37.9 Å². The van der Waals surface area contributed by atoms with Gasteiger partial charge in [-0.25, -0.2) is 4.79 Å². The molecule has 11 nitrogen and oxygen atoms in total. The van der Waals surface area contributed by atoms with Crippen molar-refractivity contribution in [3.63, 3.8) is 0 Å². The molecule has 2 aromatic carbocycles. The van der Waals surface area contributed by atoms with Crippen molar-refractivity contribution in [1.29, 1.82) is 0 Å². The summed E-state index contributed by atoms with van der Waals surface area (Å²) in [6.45, 7) is 13.5. The van der Waals surface area contributed by atoms with Crippen LogP contribution in [0.5, 0.6) is 11.5 Å². The van der Waals surface area contributed by atoms with Crippen LogP contribution in [-0.4, -0.2) is 68.7 Å². The molecule has 2 aromatic rings. The Morgan fingerprint density at radius 1 is 0.941 bits per heavy atom. The summed E-state index contributed by atoms with van der Waals surface area (Å²) in [5, 5.41) is 9.01. The van der Waals surface area contributed by atoms with Crippen molar-refractivity contribution in [3.05, 3.63) is 70.8 Å². The molecule has 3 rings (SSSR count). The van der Waals surface area contributed by atoms with Crippen molar-refractivity contribution in [3.8, 4) is 11.5 Å². The Morgan fingerprint density at radius 3 is 2.22 bits per heavy atom. The highest BCUT2D eigenvalue weighted by molar-refractivity contribution is 6.32. The zero-order valence-electron chi connectivity index (χ0n) is 31.3. The van der Waals surface area contributed by atoms with Crippen LogP contribution in [-0.2, 0) is 41.7 Å². The molecule has 3 amide bonds. The maximum atomic E-state index is 13.8. The van der Waals surface area contributed by atoms with E-state index in [1.54, 1.807) is 52.2 Å². The molecule has 0 aromatic heterocycles. The van der Waals surface area contributed by atoms with E-state index >= 15 is 0 Å². The molecule has 12 heteroatoms. The Kier molecular flexibility index (Phi) is 14.9. The minimum atomic E-state index is -1.15. The average Bonchev–Trinajstić information content (AvgIpc) is 3.06. The number of halogens is 1. The maximum Gasteiger partial charge on any atom is 0.328 e. The molecule has 0 spiro atoms. The second-order valence-electron chi connectivity index (χ2n) is 14.9. The van der Waals surface area contributed by atoms with Crippen LogP contribution in [0.25, 0.3) is 0 Å². The van der Waals surface area contributed by atoms with Crippen molar-refractivity contribution in [1.82, 2.24) is 16.0 Å². The van der Waals surface area contributed by atoms with Gasteiger partial charge in [-0.05, 0) is 74.1 Å². The number of hydrogen-bond donors (Lipinski definition) is 3. The number of carbonyl (C=O) groups excluding carboxylic acids is 4. The van der Waals surface area contributed by atoms with E-state index in [1.807, 2.05) is 52.0 Å². The lowest BCUT2D eigenvalue weighted by Gasteiger charge is -2.35. The van der Waals surface area contributed by atoms with Crippen LogP contribution in [0.3, 0.4) is 0 Å². The monoisotopic (exact) mass is 727 g/mol. The summed E-state index contributed by atoms with van der Waals surface area (Å²) in [5.41, 5.74) is 0.169. The van der Waals surface area contributed by atoms with Crippen LogP contribution >= 0.6 is 11.6 Å². The predicted molar refractivity (Wildman–Crippen MR) is 196 cm³/mol. The van der Waals surface area contributed by atoms with Gasteiger partial charge in [0.25, 0.3) is 0 Å². The first kappa shape index (κ1) is 41.3. The summed E-state index contributed by atoms with van der Waals surface area (Å²) in [7, 11) is 3.11. The first-order valence-electron chi connectivity index (χ1n) is 17.3. The van der Waals surface area contributed by atoms with Gasteiger partial charge in [0.1, 0.15) is 29.7 Å². The number of carbonyl (C=O) groups is 4. The van der Waals surface area contributed by atoms with E-state index in [-0.39, 0.29) is 30.8 Å². The first-order valence-corrected chi connectivity index (χ1v) is 17.6. The molecule has 0 saturated carbocycles. The molecule has 51 heavy (non-hydrogen) atoms. The Morgan fingerprint density at radius 2 is 1.61 bits per heavy atom. The molecule has 0 saturated heterocycles. The van der Waals surface area contributed by atoms with Gasteiger partial charge in [-0.3, -0.25) is 14.4 Å². The smallest absolute Gasteiger partial charge is 0.328 e. The van der Waals surface area contributed by atoms with Crippen LogP contribution < -0.4 is 25.4 Å². The van der Waals surface area contributed by atoms with E-state index < -0.39 is 53.3 Å². The number of cyclic esters (lactones) is 1. The van der Waals surface area contributed by atoms with Gasteiger partial charge in [-0.1, -0.05) is 63.6 Å². The van der Waals surface area contributed by atoms with Gasteiger partial charge >= 0.3 is 5.97 Å². The number of rotatable bonds is 10. The molecule has 1 aliphatic heterocycles. The van der Waals surface area contributed by atoms with Gasteiger partial charge in [-0.15, -0.1) is 0 Å². The fourth-order valence-electron chi connectivity index (χ4n) is 5.47. The van der Waals surface area contributed by atoms with Crippen molar-refractivity contribution in [2.24, 2.45) is 16.7 Å². The minimum absolute atomic E-state index is 0.130. The summed E-state index contributed by atoms with van der Waals surface area (Å²) < 4.78 is 22.6. The molecule has 0 aliphatic carbocycles. The fraction of sp³-hybridized carbons (Fsp3) is 0.538. The zero-order valence-corrected chi connectivity index (χ0v) is 32.0. The molecule has 280 valence electrons. The third-order valence-corrected chi connectivity index (χ3v) is 9.37. The number of methoxy groups -OCH3 is 2. The average molecular weight is 728 g/mol. The summed E-state index contributed by atoms with van der Waals surface area (Å²) in [4.78, 5) is 54.6. The first-order chi connectivity index (χ1) is 23.9. The third kappa shape index (κ3) is 12.6. The lowest BCUT2D eigenvalue weighted by Crippen LogP contribution is -2.58. The van der Waals surface area contributed by atoms with E-state index in [1.165, 1.54) is 13.2 Å². The number of nitrogens with one attached hydrogen (secondary N) is 3. The standard InChI is InChI=1S/C39H54ClN3O8/c1-24(22-50-23-26-13-16-28(48-8)17-14-26)32-11-10-12-34(44)42-30(20-27-15-18-33(49-9)29(40)19-27)35(45)41-25(2)39(6,7)37(47)43-31(36(46)51-32)21-38(3,4)5/h10,12-19,24-25,30-32H,11,20-23H2,1-9H3,(H,41,45)(H,42,44)(H,43,47)/t24-,25+,30-,31+,32+/m1/s1. The molecular weight excluding hydrogens is 674 g/mol. The Hall–Kier alpha value is -4.09. The molecule has 5 atom stereocenters. The number of amides is 3. The van der Waals surface area contributed by atoms with Crippen LogP contribution in [0.2, 0.25) is 5.02 Å². The normalized spacial score (nSPS) is 22.6. The van der Waals surface area contributed by atoms with E-state index in [0.717, 1.165) is 11.3 Å². The summed E-state index contributed by atoms with van der Waals surface area (Å²) in [6, 6.07) is 10.0. The maximum absolute atomic E-state index is 13.8. The predicted octanol–water partition coefficient (Wildman–Crippen LogP) is 5.56. The molecule has 0 bridgehead atoms. The number of ether oxygens (including phenoxy) is 4. The van der Waals surface area contributed by atoms with Gasteiger partial charge < -0.3 is 34.9 Å². The summed E-state index contributed by atoms with van der Waals surface area (Å²) >= 11 is 6.35. The second-order valence-corrected chi connectivity index (χ2v) is 15.3. The van der Waals surface area contributed by atoms with Crippen LogP contribution in [0.4, 0.5) is 0 Å². The van der Waals surface area contributed by atoms with Gasteiger partial charge in [0, 0.05) is 24.8 Å². The molecule has 0 unspecified atom stereocenters. The number of benzene rings is 2. The van der Waals surface area contributed by atoms with Crippen molar-refractivity contribution < 1.29 is 38.1 Å². The lowest BCUT2D eigenvalue weighted by atomic mass is 9.82. The topological polar surface area (TPSA) is 141 Å². The fourth-order valence-corrected chi connectivity index (χ4v) is 5.75. The van der Waals surface area contributed by atoms with Crippen molar-refractivity contribution >= 4 is 35.3 Å². The lowest BCUT2D eigenvalue weighted by molar-refractivity contribution is -0.158. The largest absolute Gasteiger partial charge is 0.497 e. The third-order valence-electron chi connectivity index (χ3n) is 9.07. The van der Waals surface area contributed by atoms with E-state index in [2.05, 4.69) is 16.0 Å². The quantitative estimate of drug-likeness (QED) is 0.270. The molecule has 0 fully saturated rings. The molecule has 3 N–H and O–H groups in total. The SMILES string of the molecule is COc1ccc(COC[C@@H](C)[C@@H]2CC=CC(=O)N[C@H](Cc3ccc(OC)c(Cl)c3)C(=O)N[C@@H](C)C(C)(C)C(=O)N[C@@H](CC(C)(C)C)C(=O)O2)cc1. The Labute approximate surface area is 307 Å². The van der Waals surface area contributed by atoms with E-state index in [0.29, 0.717) is 29.4 Å². The Balaban J connectivity index is 1.92. The Bertz CT molecular complexity index is 1540. The highest BCUT2D eigenvalue weighted by Gasteiger charge is 2.40. The van der Waals surface area contributed by atoms with Gasteiger partial charge in [0.2, 0.25) is 17.7 Å². The minimum Gasteiger partial charge on any atom is -0.497 e. The highest BCUT2D eigenvalue weighted by atomic mass is 35.5. The van der Waals surface area contributed by atoms with Crippen molar-refractivity contribution in [2.45, 2.75) is 98.6 Å². The van der Waals surface area contributed by atoms with Crippen LogP contribution in [0.1, 0.15) is 72.4 Å². The van der Waals surface area contributed by atoms with Crippen molar-refractivity contribution in [2.75, 3.05) is 20.8 Å². The molecular formula is C39H54ClN3O8.